The topological polar surface area (TPSA) is 103 Å². The van der Waals surface area contributed by atoms with E-state index in [1.807, 2.05) is 36.4 Å². The van der Waals surface area contributed by atoms with Gasteiger partial charge in [-0.25, -0.2) is 9.97 Å². The summed E-state index contributed by atoms with van der Waals surface area (Å²) in [6.07, 6.45) is 1.76. The van der Waals surface area contributed by atoms with E-state index in [4.69, 9.17) is 9.47 Å². The van der Waals surface area contributed by atoms with Crippen molar-refractivity contribution < 1.29 is 19.1 Å². The van der Waals surface area contributed by atoms with E-state index in [1.54, 1.807) is 30.8 Å². The summed E-state index contributed by atoms with van der Waals surface area (Å²) in [7, 11) is 1.55. The van der Waals surface area contributed by atoms with E-state index in [0.717, 1.165) is 11.0 Å². The van der Waals surface area contributed by atoms with Gasteiger partial charge in [-0.15, -0.1) is 11.3 Å². The number of ether oxygens (including phenoxy) is 2. The summed E-state index contributed by atoms with van der Waals surface area (Å²) in [5, 5.41) is 5.88. The van der Waals surface area contributed by atoms with E-state index in [0.29, 0.717) is 27.2 Å². The van der Waals surface area contributed by atoms with E-state index in [-0.39, 0.29) is 30.7 Å². The third-order valence-electron chi connectivity index (χ3n) is 4.44. The van der Waals surface area contributed by atoms with Crippen molar-refractivity contribution in [2.45, 2.75) is 18.1 Å². The zero-order valence-corrected chi connectivity index (χ0v) is 19.3. The van der Waals surface area contributed by atoms with Gasteiger partial charge in [-0.3, -0.25) is 14.6 Å². The number of nitrogens with zero attached hydrogens (tertiary/aromatic N) is 3. The van der Waals surface area contributed by atoms with Crippen LogP contribution < -0.4 is 10.1 Å². The molecule has 33 heavy (non-hydrogen) atoms. The number of esters is 1. The highest BCUT2D eigenvalue weighted by Crippen LogP contribution is 2.23. The zero-order valence-electron chi connectivity index (χ0n) is 17.7. The Kier molecular flexibility index (Phi) is 7.48. The van der Waals surface area contributed by atoms with Gasteiger partial charge in [0.25, 0.3) is 0 Å². The molecular formula is C23H20N4O4S2. The number of rotatable bonds is 9. The van der Waals surface area contributed by atoms with Crippen LogP contribution in [0, 0.1) is 0 Å². The predicted octanol–water partition coefficient (Wildman–Crippen LogP) is 4.11. The normalized spacial score (nSPS) is 10.7. The molecule has 168 valence electrons. The van der Waals surface area contributed by atoms with Gasteiger partial charge in [-0.1, -0.05) is 36.0 Å². The summed E-state index contributed by atoms with van der Waals surface area (Å²) in [5.41, 5.74) is 2.79. The molecule has 0 aliphatic rings. The number of hydrogen-bond acceptors (Lipinski definition) is 9. The molecule has 4 rings (SSSR count). The van der Waals surface area contributed by atoms with Crippen molar-refractivity contribution in [3.63, 3.8) is 0 Å². The Bertz CT molecular complexity index is 1280. The number of para-hydroxylation sites is 4. The Morgan fingerprint density at radius 2 is 1.85 bits per heavy atom. The number of amides is 1. The Labute approximate surface area is 198 Å². The van der Waals surface area contributed by atoms with Crippen LogP contribution in [-0.2, 0) is 27.4 Å². The highest BCUT2D eigenvalue weighted by atomic mass is 32.2. The summed E-state index contributed by atoms with van der Waals surface area (Å²) in [4.78, 5) is 37.6. The van der Waals surface area contributed by atoms with Crippen molar-refractivity contribution in [3.05, 3.63) is 70.8 Å². The largest absolute Gasteiger partial charge is 0.495 e. The quantitative estimate of drug-likeness (QED) is 0.282. The molecule has 4 aromatic rings. The molecule has 0 unspecified atom stereocenters. The average Bonchev–Trinajstić information content (AvgIpc) is 3.28. The van der Waals surface area contributed by atoms with Gasteiger partial charge in [0.05, 0.1) is 47.9 Å². The lowest BCUT2D eigenvalue weighted by Crippen LogP contribution is -2.15. The van der Waals surface area contributed by atoms with Crippen LogP contribution in [-0.4, -0.2) is 39.7 Å². The first kappa shape index (κ1) is 22.7. The van der Waals surface area contributed by atoms with Crippen LogP contribution in [0.15, 0.2) is 65.1 Å². The van der Waals surface area contributed by atoms with E-state index in [9.17, 15) is 9.59 Å². The third kappa shape index (κ3) is 6.27. The number of benzene rings is 2. The molecule has 0 fully saturated rings. The van der Waals surface area contributed by atoms with Crippen molar-refractivity contribution >= 4 is 51.7 Å². The lowest BCUT2D eigenvalue weighted by atomic mass is 10.3. The monoisotopic (exact) mass is 480 g/mol. The maximum Gasteiger partial charge on any atom is 0.316 e. The fourth-order valence-corrected chi connectivity index (χ4v) is 4.33. The fourth-order valence-electron chi connectivity index (χ4n) is 2.91. The SMILES string of the molecule is COc1ccccc1NC(=O)Cc1nc(COC(=O)CSc2cnc3ccccc3n2)cs1. The highest BCUT2D eigenvalue weighted by Gasteiger charge is 2.12. The predicted molar refractivity (Wildman–Crippen MR) is 127 cm³/mol. The second-order valence-electron chi connectivity index (χ2n) is 6.80. The second kappa shape index (κ2) is 10.9. The molecule has 0 saturated carbocycles. The second-order valence-corrected chi connectivity index (χ2v) is 8.74. The first-order valence-electron chi connectivity index (χ1n) is 9.97. The van der Waals surface area contributed by atoms with Crippen molar-refractivity contribution in [1.29, 1.82) is 0 Å². The first-order chi connectivity index (χ1) is 16.1. The molecule has 8 nitrogen and oxygen atoms in total. The number of carbonyl (C=O) groups is 2. The van der Waals surface area contributed by atoms with Crippen molar-refractivity contribution in [1.82, 2.24) is 15.0 Å². The number of nitrogens with one attached hydrogen (secondary N) is 1. The number of fused-ring (bicyclic) bond motifs is 1. The summed E-state index contributed by atoms with van der Waals surface area (Å²) in [6, 6.07) is 14.7. The van der Waals surface area contributed by atoms with Crippen LogP contribution >= 0.6 is 23.1 Å². The number of aromatic nitrogens is 3. The van der Waals surface area contributed by atoms with Gasteiger partial charge >= 0.3 is 5.97 Å². The van der Waals surface area contributed by atoms with Crippen LogP contribution in [0.25, 0.3) is 11.0 Å². The summed E-state index contributed by atoms with van der Waals surface area (Å²) in [5.74, 6) is 0.125. The van der Waals surface area contributed by atoms with Gasteiger partial charge in [-0.2, -0.15) is 0 Å². The maximum absolute atomic E-state index is 12.3. The Morgan fingerprint density at radius 3 is 2.70 bits per heavy atom. The Hall–Kier alpha value is -3.50. The molecule has 2 heterocycles. The third-order valence-corrected chi connectivity index (χ3v) is 6.21. The molecule has 0 bridgehead atoms. The molecular weight excluding hydrogens is 460 g/mol. The molecule has 1 amide bonds. The van der Waals surface area contributed by atoms with E-state index < -0.39 is 0 Å². The molecule has 0 aliphatic carbocycles. The summed E-state index contributed by atoms with van der Waals surface area (Å²) in [6.45, 7) is 0.0490. The molecule has 2 aromatic heterocycles. The minimum absolute atomic E-state index is 0.0490. The summed E-state index contributed by atoms with van der Waals surface area (Å²) >= 11 is 2.61. The van der Waals surface area contributed by atoms with Crippen LogP contribution in [0.4, 0.5) is 5.69 Å². The van der Waals surface area contributed by atoms with Crippen molar-refractivity contribution in [2.24, 2.45) is 0 Å². The van der Waals surface area contributed by atoms with Crippen LogP contribution in [0.5, 0.6) is 5.75 Å². The number of carbonyl (C=O) groups excluding carboxylic acids is 2. The first-order valence-corrected chi connectivity index (χ1v) is 11.8. The molecule has 0 saturated heterocycles. The standard InChI is InChI=1S/C23H20N4O4S2/c1-30-19-9-5-4-8-18(19)26-20(28)10-21-25-15(13-32-21)12-31-23(29)14-33-22-11-24-16-6-2-3-7-17(16)27-22/h2-9,11,13H,10,12,14H2,1H3,(H,26,28). The minimum atomic E-state index is -0.376. The van der Waals surface area contributed by atoms with Crippen LogP contribution in [0.3, 0.4) is 0 Å². The van der Waals surface area contributed by atoms with Gasteiger partial charge < -0.3 is 14.8 Å². The fraction of sp³-hybridized carbons (Fsp3) is 0.174. The minimum Gasteiger partial charge on any atom is -0.495 e. The van der Waals surface area contributed by atoms with E-state index in [1.165, 1.54) is 23.1 Å². The van der Waals surface area contributed by atoms with Gasteiger partial charge in [0, 0.05) is 5.38 Å². The molecule has 0 radical (unpaired) electrons. The van der Waals surface area contributed by atoms with Gasteiger partial charge in [-0.05, 0) is 24.3 Å². The number of methoxy groups -OCH3 is 1. The van der Waals surface area contributed by atoms with E-state index in [2.05, 4.69) is 20.3 Å². The van der Waals surface area contributed by atoms with Gasteiger partial charge in [0.2, 0.25) is 5.91 Å². The van der Waals surface area contributed by atoms with E-state index >= 15 is 0 Å². The van der Waals surface area contributed by atoms with Gasteiger partial charge in [0.1, 0.15) is 22.4 Å². The molecule has 2 aromatic carbocycles. The lowest BCUT2D eigenvalue weighted by Gasteiger charge is -2.08. The van der Waals surface area contributed by atoms with Crippen LogP contribution in [0.1, 0.15) is 10.7 Å². The molecule has 0 atom stereocenters. The van der Waals surface area contributed by atoms with Crippen LogP contribution in [0.2, 0.25) is 0 Å². The zero-order chi connectivity index (χ0) is 23.0. The molecule has 0 aliphatic heterocycles. The Balaban J connectivity index is 1.23. The summed E-state index contributed by atoms with van der Waals surface area (Å²) < 4.78 is 10.5. The van der Waals surface area contributed by atoms with Crippen molar-refractivity contribution in [2.75, 3.05) is 18.2 Å². The lowest BCUT2D eigenvalue weighted by molar-refractivity contribution is -0.141. The number of thiazole rings is 1. The average molecular weight is 481 g/mol. The van der Waals surface area contributed by atoms with Crippen molar-refractivity contribution in [3.8, 4) is 5.75 Å². The Morgan fingerprint density at radius 1 is 1.06 bits per heavy atom. The number of thioether (sulfide) groups is 1. The molecule has 0 spiro atoms. The maximum atomic E-state index is 12.3. The smallest absolute Gasteiger partial charge is 0.316 e. The highest BCUT2D eigenvalue weighted by molar-refractivity contribution is 7.99. The number of hydrogen-bond donors (Lipinski definition) is 1. The molecule has 10 heteroatoms. The number of anilines is 1. The van der Waals surface area contributed by atoms with Gasteiger partial charge in [0.15, 0.2) is 0 Å². The molecule has 1 N–H and O–H groups in total.